The molecule has 7 nitrogen and oxygen atoms in total. The molecular weight excluding hydrogens is 756 g/mol. The number of nitrogens with one attached hydrogen (secondary N) is 1. The van der Waals surface area contributed by atoms with Gasteiger partial charge in [0.25, 0.3) is 10.0 Å². The first-order chi connectivity index (χ1) is 22.1. The van der Waals surface area contributed by atoms with E-state index in [0.717, 1.165) is 39.1 Å². The fraction of sp³-hybridized carbons (Fsp3) is 0.257. The Morgan fingerprint density at radius 2 is 1.41 bits per heavy atom. The summed E-state index contributed by atoms with van der Waals surface area (Å²) in [6.07, 6.45) is 3.99. The highest BCUT2D eigenvalue weighted by atomic mass is 127. The standard InChI is InChI=1S/C35H34Cl2IN3O4S/c36-31-16-9-17-32(37)30(31)23-40(33(22-25-10-3-1-4-11-25)35(43)39-27-12-7-8-13-27)34(42)24-41(28-20-18-26(38)19-21-28)46(44,45)29-14-5-2-6-15-29/h1-6,9-11,14-21,27,33H,7-8,12-13,22-24H2,(H,39,43)/t33-/m0/s1. The highest BCUT2D eigenvalue weighted by Gasteiger charge is 2.36. The predicted octanol–water partition coefficient (Wildman–Crippen LogP) is 7.49. The van der Waals surface area contributed by atoms with Gasteiger partial charge in [0.1, 0.15) is 12.6 Å². The van der Waals surface area contributed by atoms with Gasteiger partial charge in [0.15, 0.2) is 0 Å². The van der Waals surface area contributed by atoms with Crippen LogP contribution < -0.4 is 9.62 Å². The molecule has 1 fully saturated rings. The number of carbonyl (C=O) groups is 2. The molecular formula is C35H34Cl2IN3O4S. The number of nitrogens with zero attached hydrogens (tertiary/aromatic N) is 2. The Labute approximate surface area is 294 Å². The first-order valence-electron chi connectivity index (χ1n) is 15.0. The molecule has 0 aromatic heterocycles. The number of amides is 2. The Hall–Kier alpha value is -3.12. The highest BCUT2D eigenvalue weighted by molar-refractivity contribution is 14.1. The summed E-state index contributed by atoms with van der Waals surface area (Å²) in [5, 5.41) is 3.84. The van der Waals surface area contributed by atoms with Crippen LogP contribution in [0.25, 0.3) is 0 Å². The number of hydrogen-bond acceptors (Lipinski definition) is 4. The van der Waals surface area contributed by atoms with Crippen LogP contribution in [0.5, 0.6) is 0 Å². The van der Waals surface area contributed by atoms with Crippen LogP contribution in [0.1, 0.15) is 36.8 Å². The lowest BCUT2D eigenvalue weighted by Crippen LogP contribution is -2.54. The van der Waals surface area contributed by atoms with E-state index in [-0.39, 0.29) is 29.8 Å². The van der Waals surface area contributed by atoms with Crippen LogP contribution in [-0.4, -0.2) is 43.8 Å². The van der Waals surface area contributed by atoms with Crippen LogP contribution >= 0.6 is 45.8 Å². The Kier molecular flexibility index (Phi) is 11.6. The van der Waals surface area contributed by atoms with Crippen molar-refractivity contribution in [2.75, 3.05) is 10.8 Å². The molecule has 46 heavy (non-hydrogen) atoms. The summed E-state index contributed by atoms with van der Waals surface area (Å²) in [6, 6.07) is 28.4. The van der Waals surface area contributed by atoms with Crippen molar-refractivity contribution in [1.29, 1.82) is 0 Å². The van der Waals surface area contributed by atoms with E-state index < -0.39 is 28.5 Å². The van der Waals surface area contributed by atoms with Gasteiger partial charge in [-0.1, -0.05) is 90.6 Å². The van der Waals surface area contributed by atoms with Gasteiger partial charge in [0.2, 0.25) is 11.8 Å². The minimum Gasteiger partial charge on any atom is -0.352 e. The average Bonchev–Trinajstić information content (AvgIpc) is 3.57. The molecule has 0 heterocycles. The molecule has 4 aromatic carbocycles. The van der Waals surface area contributed by atoms with Crippen LogP contribution in [-0.2, 0) is 32.6 Å². The van der Waals surface area contributed by atoms with Crippen LogP contribution in [0.15, 0.2) is 108 Å². The summed E-state index contributed by atoms with van der Waals surface area (Å²) >= 11 is 15.3. The molecule has 1 N–H and O–H groups in total. The van der Waals surface area contributed by atoms with Crippen LogP contribution in [0, 0.1) is 3.57 Å². The maximum Gasteiger partial charge on any atom is 0.264 e. The normalized spacial score (nSPS) is 14.1. The fourth-order valence-corrected chi connectivity index (χ4v) is 7.94. The van der Waals surface area contributed by atoms with E-state index in [0.29, 0.717) is 21.3 Å². The van der Waals surface area contributed by atoms with E-state index in [9.17, 15) is 18.0 Å². The van der Waals surface area contributed by atoms with E-state index in [1.807, 2.05) is 30.3 Å². The Morgan fingerprint density at radius 3 is 2.02 bits per heavy atom. The first-order valence-corrected chi connectivity index (χ1v) is 18.3. The molecule has 0 radical (unpaired) electrons. The van der Waals surface area contributed by atoms with Gasteiger partial charge in [-0.05, 0) is 89.5 Å². The maximum absolute atomic E-state index is 14.6. The van der Waals surface area contributed by atoms with Crippen LogP contribution in [0.4, 0.5) is 5.69 Å². The third-order valence-corrected chi connectivity index (χ3v) is 11.3. The second-order valence-electron chi connectivity index (χ2n) is 11.2. The van der Waals surface area contributed by atoms with Gasteiger partial charge in [-0.25, -0.2) is 8.42 Å². The molecule has 11 heteroatoms. The lowest BCUT2D eigenvalue weighted by Gasteiger charge is -2.34. The second-order valence-corrected chi connectivity index (χ2v) is 15.1. The lowest BCUT2D eigenvalue weighted by atomic mass is 10.0. The van der Waals surface area contributed by atoms with E-state index in [1.54, 1.807) is 60.7 Å². The molecule has 0 bridgehead atoms. The summed E-state index contributed by atoms with van der Waals surface area (Å²) < 4.78 is 30.2. The molecule has 1 atom stereocenters. The first kappa shape index (κ1) is 34.2. The molecule has 2 amide bonds. The molecule has 0 unspecified atom stereocenters. The van der Waals surface area contributed by atoms with Gasteiger partial charge in [0, 0.05) is 38.2 Å². The van der Waals surface area contributed by atoms with Crippen molar-refractivity contribution in [1.82, 2.24) is 10.2 Å². The third kappa shape index (κ3) is 8.42. The van der Waals surface area contributed by atoms with Crippen LogP contribution in [0.3, 0.4) is 0 Å². The van der Waals surface area contributed by atoms with Crippen LogP contribution in [0.2, 0.25) is 10.0 Å². The van der Waals surface area contributed by atoms with E-state index in [2.05, 4.69) is 27.9 Å². The molecule has 1 aliphatic rings. The Balaban J connectivity index is 1.58. The number of benzene rings is 4. The minimum absolute atomic E-state index is 0.00775. The summed E-state index contributed by atoms with van der Waals surface area (Å²) in [7, 11) is -4.18. The topological polar surface area (TPSA) is 86.8 Å². The molecule has 1 saturated carbocycles. The predicted molar refractivity (Wildman–Crippen MR) is 191 cm³/mol. The monoisotopic (exact) mass is 789 g/mol. The largest absolute Gasteiger partial charge is 0.352 e. The van der Waals surface area contributed by atoms with Gasteiger partial charge in [-0.15, -0.1) is 0 Å². The average molecular weight is 791 g/mol. The molecule has 0 spiro atoms. The van der Waals surface area contributed by atoms with Crippen molar-refractivity contribution >= 4 is 73.3 Å². The Bertz CT molecular complexity index is 1730. The Morgan fingerprint density at radius 1 is 0.826 bits per heavy atom. The smallest absolute Gasteiger partial charge is 0.264 e. The van der Waals surface area contributed by atoms with Crippen molar-refractivity contribution in [3.05, 3.63) is 128 Å². The van der Waals surface area contributed by atoms with E-state index >= 15 is 0 Å². The zero-order valence-electron chi connectivity index (χ0n) is 25.0. The third-order valence-electron chi connectivity index (χ3n) is 8.09. The van der Waals surface area contributed by atoms with Gasteiger partial charge < -0.3 is 10.2 Å². The quantitative estimate of drug-likeness (QED) is 0.151. The second kappa shape index (κ2) is 15.6. The number of anilines is 1. The van der Waals surface area contributed by atoms with Crippen molar-refractivity contribution in [2.24, 2.45) is 0 Å². The van der Waals surface area contributed by atoms with E-state index in [4.69, 9.17) is 23.2 Å². The highest BCUT2D eigenvalue weighted by Crippen LogP contribution is 2.29. The van der Waals surface area contributed by atoms with Gasteiger partial charge in [-0.3, -0.25) is 13.9 Å². The molecule has 4 aromatic rings. The molecule has 240 valence electrons. The van der Waals surface area contributed by atoms with Gasteiger partial charge in [0.05, 0.1) is 10.6 Å². The summed E-state index contributed by atoms with van der Waals surface area (Å²) in [5.74, 6) is -0.879. The summed E-state index contributed by atoms with van der Waals surface area (Å²) in [5.41, 5.74) is 1.64. The minimum atomic E-state index is -4.18. The zero-order chi connectivity index (χ0) is 32.7. The van der Waals surface area contributed by atoms with E-state index in [1.165, 1.54) is 17.0 Å². The lowest BCUT2D eigenvalue weighted by molar-refractivity contribution is -0.140. The van der Waals surface area contributed by atoms with Gasteiger partial charge >= 0.3 is 0 Å². The maximum atomic E-state index is 14.6. The molecule has 0 saturated heterocycles. The van der Waals surface area contributed by atoms with Gasteiger partial charge in [-0.2, -0.15) is 0 Å². The van der Waals surface area contributed by atoms with Crippen molar-refractivity contribution in [2.45, 2.75) is 55.6 Å². The fourth-order valence-electron chi connectivity index (χ4n) is 5.63. The van der Waals surface area contributed by atoms with Crippen molar-refractivity contribution in [3.8, 4) is 0 Å². The molecule has 5 rings (SSSR count). The number of sulfonamides is 1. The van der Waals surface area contributed by atoms with Crippen molar-refractivity contribution in [3.63, 3.8) is 0 Å². The number of hydrogen-bond donors (Lipinski definition) is 1. The molecule has 0 aliphatic heterocycles. The number of carbonyl (C=O) groups excluding carboxylic acids is 2. The number of rotatable bonds is 12. The zero-order valence-corrected chi connectivity index (χ0v) is 29.5. The summed E-state index contributed by atoms with van der Waals surface area (Å²) in [6.45, 7) is -0.652. The van der Waals surface area contributed by atoms with Crippen molar-refractivity contribution < 1.29 is 18.0 Å². The summed E-state index contributed by atoms with van der Waals surface area (Å²) in [4.78, 5) is 30.2. The SMILES string of the molecule is O=C(NC1CCCC1)[C@H](Cc1ccccc1)N(Cc1c(Cl)cccc1Cl)C(=O)CN(c1ccc(I)cc1)S(=O)(=O)c1ccccc1. The number of halogens is 3. The molecule has 1 aliphatic carbocycles.